The number of ether oxygens (including phenoxy) is 2. The summed E-state index contributed by atoms with van der Waals surface area (Å²) in [6.07, 6.45) is 7.78. The molecule has 0 aliphatic carbocycles. The molecule has 2 saturated heterocycles. The standard InChI is InChI=1S/C34H44BrN3O7/c1-4-5-11-17-37-18-12-7-10-16-25(40)36(3)22(2)28(23-14-8-6-9-15-23)44-33(43)26-27-31(41)38(19-13-20-39)30(32(37)42)34(27)21-24(35)29(26)45-34/h6-9,12,14-15,21-22,26-30,39H,4-5,10-11,13,16-20H2,1-3H3/b12-7-/t22-,26+,27-,28+,29+,30+,34-/m0/s1. The Bertz CT molecular complexity index is 1340. The molecule has 2 fully saturated rings. The van der Waals surface area contributed by atoms with Gasteiger partial charge in [-0.3, -0.25) is 19.2 Å². The molecule has 244 valence electrons. The van der Waals surface area contributed by atoms with Crippen molar-refractivity contribution >= 4 is 39.6 Å². The zero-order valence-electron chi connectivity index (χ0n) is 26.3. The fourth-order valence-corrected chi connectivity index (χ4v) is 7.92. The van der Waals surface area contributed by atoms with Crippen LogP contribution in [-0.4, -0.2) is 101 Å². The highest BCUT2D eigenvalue weighted by Crippen LogP contribution is 2.59. The van der Waals surface area contributed by atoms with Gasteiger partial charge in [0.05, 0.1) is 12.0 Å². The number of rotatable bonds is 8. The Balaban J connectivity index is 1.59. The minimum absolute atomic E-state index is 0.0917. The predicted molar refractivity (Wildman–Crippen MR) is 171 cm³/mol. The number of amides is 3. The number of unbranched alkanes of at least 4 members (excludes halogenated alkanes) is 2. The number of hydrogen-bond donors (Lipinski definition) is 1. The highest BCUT2D eigenvalue weighted by atomic mass is 79.9. The molecule has 3 amide bonds. The van der Waals surface area contributed by atoms with Crippen molar-refractivity contribution in [3.05, 3.63) is 58.6 Å². The van der Waals surface area contributed by atoms with Gasteiger partial charge in [0.25, 0.3) is 0 Å². The van der Waals surface area contributed by atoms with Gasteiger partial charge in [-0.2, -0.15) is 0 Å². The van der Waals surface area contributed by atoms with E-state index in [9.17, 15) is 24.3 Å². The van der Waals surface area contributed by atoms with E-state index in [-0.39, 0.29) is 43.7 Å². The van der Waals surface area contributed by atoms with Crippen molar-refractivity contribution in [2.45, 2.75) is 82.3 Å². The highest BCUT2D eigenvalue weighted by molar-refractivity contribution is 9.11. The molecule has 0 aromatic heterocycles. The van der Waals surface area contributed by atoms with Crippen molar-refractivity contribution in [1.29, 1.82) is 0 Å². The molecular formula is C34H44BrN3O7. The molecule has 4 aliphatic rings. The number of cyclic esters (lactones) is 1. The molecule has 0 saturated carbocycles. The number of esters is 1. The molecule has 1 aromatic carbocycles. The molecule has 4 heterocycles. The number of likely N-dealkylation sites (N-methyl/N-ethyl adjacent to an activating group) is 1. The number of aliphatic hydroxyl groups excluding tert-OH is 1. The molecule has 11 heteroatoms. The second kappa shape index (κ2) is 14.2. The number of carbonyl (C=O) groups is 4. The molecule has 7 atom stereocenters. The van der Waals surface area contributed by atoms with Gasteiger partial charge in [0.2, 0.25) is 17.7 Å². The third kappa shape index (κ3) is 6.23. The molecule has 5 rings (SSSR count). The van der Waals surface area contributed by atoms with E-state index in [1.807, 2.05) is 49.4 Å². The number of aliphatic hydroxyl groups is 1. The predicted octanol–water partition coefficient (Wildman–Crippen LogP) is 3.74. The van der Waals surface area contributed by atoms with Crippen LogP contribution in [0.15, 0.2) is 53.0 Å². The van der Waals surface area contributed by atoms with Crippen molar-refractivity contribution in [2.75, 3.05) is 33.3 Å². The van der Waals surface area contributed by atoms with Crippen LogP contribution in [0, 0.1) is 11.8 Å². The zero-order chi connectivity index (χ0) is 32.3. The summed E-state index contributed by atoms with van der Waals surface area (Å²) >= 11 is 3.59. The van der Waals surface area contributed by atoms with Crippen LogP contribution in [0.4, 0.5) is 0 Å². The Morgan fingerprint density at radius 1 is 1.00 bits per heavy atom. The number of nitrogens with zero attached hydrogens (tertiary/aromatic N) is 3. The molecule has 4 aliphatic heterocycles. The Morgan fingerprint density at radius 3 is 2.47 bits per heavy atom. The molecule has 1 spiro atoms. The van der Waals surface area contributed by atoms with E-state index >= 15 is 0 Å². The number of halogens is 1. The monoisotopic (exact) mass is 685 g/mol. The SMILES string of the molecule is CCCCCN1C/C=C\CCC(=O)N(C)[C@@H](C)[C@H](c2ccccc2)OC(=O)[C@H]2[C@@H]3O[C@@]4(C=C3Br)[C@@H]2C(=O)N(CCCO)[C@@H]4C1=O. The van der Waals surface area contributed by atoms with Crippen molar-refractivity contribution in [3.63, 3.8) is 0 Å². The number of allylic oxidation sites excluding steroid dienone is 1. The Kier molecular flexibility index (Phi) is 10.5. The van der Waals surface area contributed by atoms with E-state index in [2.05, 4.69) is 22.9 Å². The molecule has 45 heavy (non-hydrogen) atoms. The van der Waals surface area contributed by atoms with Gasteiger partial charge in [-0.05, 0) is 37.8 Å². The molecule has 0 unspecified atom stereocenters. The van der Waals surface area contributed by atoms with Gasteiger partial charge in [0, 0.05) is 44.2 Å². The van der Waals surface area contributed by atoms with Gasteiger partial charge < -0.3 is 29.3 Å². The summed E-state index contributed by atoms with van der Waals surface area (Å²) in [7, 11) is 1.71. The van der Waals surface area contributed by atoms with Crippen LogP contribution in [0.2, 0.25) is 0 Å². The molecule has 1 aromatic rings. The van der Waals surface area contributed by atoms with Gasteiger partial charge in [-0.1, -0.05) is 78.2 Å². The Hall–Kier alpha value is -3.02. The third-order valence-electron chi connectivity index (χ3n) is 9.66. The minimum atomic E-state index is -1.36. The summed E-state index contributed by atoms with van der Waals surface area (Å²) in [4.78, 5) is 61.2. The summed E-state index contributed by atoms with van der Waals surface area (Å²) in [6, 6.07) is 7.77. The van der Waals surface area contributed by atoms with Crippen molar-refractivity contribution in [3.8, 4) is 0 Å². The summed E-state index contributed by atoms with van der Waals surface area (Å²) in [6.45, 7) is 4.76. The fraction of sp³-hybridized carbons (Fsp3) is 0.588. The van der Waals surface area contributed by atoms with Crippen LogP contribution in [0.3, 0.4) is 0 Å². The maximum atomic E-state index is 14.5. The summed E-state index contributed by atoms with van der Waals surface area (Å²) < 4.78 is 13.4. The van der Waals surface area contributed by atoms with Crippen LogP contribution >= 0.6 is 15.9 Å². The van der Waals surface area contributed by atoms with Crippen LogP contribution in [0.5, 0.6) is 0 Å². The van der Waals surface area contributed by atoms with Crippen molar-refractivity contribution in [1.82, 2.24) is 14.7 Å². The van der Waals surface area contributed by atoms with Crippen LogP contribution in [-0.2, 0) is 28.7 Å². The molecular weight excluding hydrogens is 642 g/mol. The number of hydrogen-bond acceptors (Lipinski definition) is 7. The van der Waals surface area contributed by atoms with E-state index in [1.54, 1.807) is 22.9 Å². The zero-order valence-corrected chi connectivity index (χ0v) is 27.9. The topological polar surface area (TPSA) is 117 Å². The molecule has 10 nitrogen and oxygen atoms in total. The molecule has 1 N–H and O–H groups in total. The summed E-state index contributed by atoms with van der Waals surface area (Å²) in [5, 5.41) is 9.68. The average Bonchev–Trinajstić information content (AvgIpc) is 3.63. The molecule has 5 bridgehead atoms. The maximum absolute atomic E-state index is 14.5. The lowest BCUT2D eigenvalue weighted by molar-refractivity contribution is -0.164. The quantitative estimate of drug-likeness (QED) is 0.252. The lowest BCUT2D eigenvalue weighted by Crippen LogP contribution is -2.56. The maximum Gasteiger partial charge on any atom is 0.313 e. The molecule has 0 radical (unpaired) electrons. The number of likely N-dealkylation sites (tertiary alicyclic amines) is 1. The Labute approximate surface area is 273 Å². The first-order valence-electron chi connectivity index (χ1n) is 16.1. The number of benzene rings is 1. The summed E-state index contributed by atoms with van der Waals surface area (Å²) in [5.74, 6) is -3.30. The Morgan fingerprint density at radius 2 is 1.76 bits per heavy atom. The second-order valence-electron chi connectivity index (χ2n) is 12.5. The van der Waals surface area contributed by atoms with E-state index in [1.165, 1.54) is 4.90 Å². The fourth-order valence-electron chi connectivity index (χ4n) is 7.19. The lowest BCUT2D eigenvalue weighted by atomic mass is 9.74. The normalized spacial score (nSPS) is 33.0. The third-order valence-corrected chi connectivity index (χ3v) is 10.3. The van der Waals surface area contributed by atoms with Crippen LogP contribution in [0.1, 0.15) is 64.0 Å². The average molecular weight is 687 g/mol. The van der Waals surface area contributed by atoms with Gasteiger partial charge in [-0.15, -0.1) is 0 Å². The first-order chi connectivity index (χ1) is 21.7. The van der Waals surface area contributed by atoms with E-state index in [0.717, 1.165) is 24.8 Å². The number of fused-ring (bicyclic) bond motifs is 2. The van der Waals surface area contributed by atoms with Crippen LogP contribution in [0.25, 0.3) is 0 Å². The first kappa shape index (κ1) is 33.3. The second-order valence-corrected chi connectivity index (χ2v) is 13.4. The number of carbonyl (C=O) groups excluding carboxylic acids is 4. The van der Waals surface area contributed by atoms with E-state index in [0.29, 0.717) is 24.0 Å². The highest BCUT2D eigenvalue weighted by Gasteiger charge is 2.74. The lowest BCUT2D eigenvalue weighted by Gasteiger charge is -2.36. The smallest absolute Gasteiger partial charge is 0.313 e. The van der Waals surface area contributed by atoms with Gasteiger partial charge in [0.15, 0.2) is 0 Å². The van der Waals surface area contributed by atoms with Gasteiger partial charge in [0.1, 0.15) is 29.8 Å². The van der Waals surface area contributed by atoms with E-state index < -0.39 is 47.7 Å². The van der Waals surface area contributed by atoms with Crippen molar-refractivity contribution < 1.29 is 33.8 Å². The largest absolute Gasteiger partial charge is 0.455 e. The van der Waals surface area contributed by atoms with Gasteiger partial charge in [-0.25, -0.2) is 0 Å². The van der Waals surface area contributed by atoms with Crippen molar-refractivity contribution in [2.24, 2.45) is 11.8 Å². The van der Waals surface area contributed by atoms with E-state index in [4.69, 9.17) is 9.47 Å². The minimum Gasteiger partial charge on any atom is -0.455 e. The van der Waals surface area contributed by atoms with Crippen LogP contribution < -0.4 is 0 Å². The summed E-state index contributed by atoms with van der Waals surface area (Å²) in [5.41, 5.74) is -0.639. The van der Waals surface area contributed by atoms with Gasteiger partial charge >= 0.3 is 5.97 Å². The first-order valence-corrected chi connectivity index (χ1v) is 16.9.